The fraction of sp³-hybridized carbons (Fsp3) is 0.400. The van der Waals surface area contributed by atoms with E-state index in [1.165, 1.54) is 22.7 Å². The number of aromatic nitrogens is 1. The number of likely N-dealkylation sites (tertiary alicyclic amines) is 1. The molecule has 1 fully saturated rings. The quantitative estimate of drug-likeness (QED) is 0.466. The maximum absolute atomic E-state index is 14.7. The summed E-state index contributed by atoms with van der Waals surface area (Å²) < 4.78 is 44.0. The van der Waals surface area contributed by atoms with E-state index in [1.807, 2.05) is 0 Å². The van der Waals surface area contributed by atoms with Crippen molar-refractivity contribution in [2.24, 2.45) is 5.92 Å². The van der Waals surface area contributed by atoms with Crippen LogP contribution in [0.4, 0.5) is 18.9 Å². The van der Waals surface area contributed by atoms with E-state index < -0.39 is 35.2 Å². The van der Waals surface area contributed by atoms with Crippen molar-refractivity contribution in [2.45, 2.75) is 51.3 Å². The van der Waals surface area contributed by atoms with Gasteiger partial charge in [-0.05, 0) is 81.0 Å². The zero-order valence-electron chi connectivity index (χ0n) is 22.7. The highest BCUT2D eigenvalue weighted by atomic mass is 19.1. The molecule has 3 aliphatic rings. The number of allylic oxidation sites excluding steroid dienone is 1. The Morgan fingerprint density at radius 3 is 2.48 bits per heavy atom. The molecule has 2 unspecified atom stereocenters. The number of halogens is 3. The number of aliphatic hydroxyl groups excluding tert-OH is 1. The molecule has 0 radical (unpaired) electrons. The topological polar surface area (TPSA) is 88.9 Å². The lowest BCUT2D eigenvalue weighted by Crippen LogP contribution is -2.42. The summed E-state index contributed by atoms with van der Waals surface area (Å²) in [5, 5.41) is 22.6. The Hall–Kier alpha value is -3.63. The van der Waals surface area contributed by atoms with Crippen LogP contribution < -0.4 is 10.2 Å². The Kier molecular flexibility index (Phi) is 7.74. The van der Waals surface area contributed by atoms with E-state index in [1.54, 1.807) is 19.3 Å². The van der Waals surface area contributed by atoms with Crippen LogP contribution in [0.3, 0.4) is 0 Å². The molecule has 3 atom stereocenters. The molecule has 3 heterocycles. The van der Waals surface area contributed by atoms with E-state index in [2.05, 4.69) is 35.1 Å². The largest absolute Gasteiger partial charge is 0.478 e. The number of rotatable bonds is 6. The van der Waals surface area contributed by atoms with Crippen LogP contribution in [0.5, 0.6) is 0 Å². The highest BCUT2D eigenvalue weighted by molar-refractivity contribution is 5.87. The lowest BCUT2D eigenvalue weighted by molar-refractivity contribution is 0.0695. The van der Waals surface area contributed by atoms with Gasteiger partial charge in [-0.1, -0.05) is 13.0 Å². The van der Waals surface area contributed by atoms with Crippen molar-refractivity contribution in [1.82, 2.24) is 15.2 Å². The average molecular weight is 555 g/mol. The standard InChI is InChI=1S/C30H33F3N4O3/c1-16-10-25-21(27(4-7-35-25)37-15-24(33)26(34-3)14-28(37)38)13-20(16)17(2)36-8-5-18(6-9-36)29-22(31)11-19(30(39)40)12-23(29)32/h4,7,11-18,28,34,38H,5-6,8-10H2,1-3H3,(H,39,40)/t16?,17-,28?/m0/s1. The maximum Gasteiger partial charge on any atom is 0.335 e. The number of hydrogen-bond donors (Lipinski definition) is 3. The van der Waals surface area contributed by atoms with Crippen LogP contribution in [0.1, 0.15) is 59.8 Å². The first kappa shape index (κ1) is 27.9. The van der Waals surface area contributed by atoms with Crippen molar-refractivity contribution < 1.29 is 28.2 Å². The van der Waals surface area contributed by atoms with Gasteiger partial charge in [0.05, 0.1) is 22.6 Å². The number of carbonyl (C=O) groups is 1. The molecule has 2 aromatic rings. The van der Waals surface area contributed by atoms with Crippen LogP contribution >= 0.6 is 0 Å². The van der Waals surface area contributed by atoms with Crippen LogP contribution in [0.25, 0.3) is 6.08 Å². The fourth-order valence-corrected chi connectivity index (χ4v) is 6.18. The van der Waals surface area contributed by atoms with Gasteiger partial charge in [-0.25, -0.2) is 18.0 Å². The molecule has 2 aliphatic heterocycles. The van der Waals surface area contributed by atoms with Gasteiger partial charge in [0.25, 0.3) is 0 Å². The highest BCUT2D eigenvalue weighted by Gasteiger charge is 2.33. The van der Waals surface area contributed by atoms with Gasteiger partial charge in [-0.3, -0.25) is 9.88 Å². The van der Waals surface area contributed by atoms with E-state index in [-0.39, 0.29) is 29.1 Å². The number of pyridine rings is 1. The number of anilines is 1. The van der Waals surface area contributed by atoms with Crippen LogP contribution in [-0.4, -0.2) is 58.5 Å². The lowest BCUT2D eigenvalue weighted by atomic mass is 9.81. The van der Waals surface area contributed by atoms with Crippen molar-refractivity contribution in [3.63, 3.8) is 0 Å². The van der Waals surface area contributed by atoms with Gasteiger partial charge in [-0.2, -0.15) is 0 Å². The summed E-state index contributed by atoms with van der Waals surface area (Å²) >= 11 is 0. The number of aromatic carboxylic acids is 1. The van der Waals surface area contributed by atoms with E-state index in [0.29, 0.717) is 38.0 Å². The molecule has 7 nitrogen and oxygen atoms in total. The number of aliphatic hydroxyl groups is 1. The number of fused-ring (bicyclic) bond motifs is 1. The monoisotopic (exact) mass is 554 g/mol. The molecule has 1 saturated heterocycles. The third-order valence-corrected chi connectivity index (χ3v) is 8.38. The molecule has 3 N–H and O–H groups in total. The SMILES string of the molecule is CNC1=CC(O)N(c2ccnc3c2C=C([C@H](C)N2CCC(c4c(F)cc(C(=O)O)cc4F)CC2)C(C)C3)C=C1F. The molecule has 0 amide bonds. The summed E-state index contributed by atoms with van der Waals surface area (Å²) in [6.45, 7) is 5.50. The smallest absolute Gasteiger partial charge is 0.335 e. The van der Waals surface area contributed by atoms with Gasteiger partial charge in [0.15, 0.2) is 12.1 Å². The number of carboxylic acids is 1. The van der Waals surface area contributed by atoms with Crippen molar-refractivity contribution in [3.8, 4) is 0 Å². The first-order valence-corrected chi connectivity index (χ1v) is 13.5. The third kappa shape index (κ3) is 5.13. The number of nitrogens with zero attached hydrogens (tertiary/aromatic N) is 3. The minimum Gasteiger partial charge on any atom is -0.478 e. The number of piperidine rings is 1. The summed E-state index contributed by atoms with van der Waals surface area (Å²) in [5.41, 5.74) is 3.33. The highest BCUT2D eigenvalue weighted by Crippen LogP contribution is 2.39. The molecule has 0 spiro atoms. The zero-order chi connectivity index (χ0) is 28.7. The first-order chi connectivity index (χ1) is 19.1. The molecule has 1 aromatic carbocycles. The zero-order valence-corrected chi connectivity index (χ0v) is 22.7. The Balaban J connectivity index is 1.36. The number of carboxylic acid groups (broad SMARTS) is 1. The lowest BCUT2D eigenvalue weighted by Gasteiger charge is -2.40. The van der Waals surface area contributed by atoms with E-state index in [4.69, 9.17) is 5.11 Å². The predicted octanol–water partition coefficient (Wildman–Crippen LogP) is 4.95. The molecular formula is C30H33F3N4O3. The van der Waals surface area contributed by atoms with Gasteiger partial charge >= 0.3 is 5.97 Å². The summed E-state index contributed by atoms with van der Waals surface area (Å²) in [6.07, 6.45) is 7.19. The summed E-state index contributed by atoms with van der Waals surface area (Å²) in [7, 11) is 1.60. The molecule has 0 bridgehead atoms. The van der Waals surface area contributed by atoms with Crippen LogP contribution in [-0.2, 0) is 6.42 Å². The Bertz CT molecular complexity index is 1390. The van der Waals surface area contributed by atoms with Crippen LogP contribution in [0.15, 0.2) is 53.8 Å². The Labute approximate surface area is 231 Å². The van der Waals surface area contributed by atoms with E-state index >= 15 is 0 Å². The van der Waals surface area contributed by atoms with Crippen LogP contribution in [0, 0.1) is 17.6 Å². The van der Waals surface area contributed by atoms with Gasteiger partial charge in [0.1, 0.15) is 11.6 Å². The minimum atomic E-state index is -1.36. The number of likely N-dealkylation sites (N-methyl/N-ethyl adjacent to an activating group) is 1. The first-order valence-electron chi connectivity index (χ1n) is 13.5. The second-order valence-electron chi connectivity index (χ2n) is 10.7. The van der Waals surface area contributed by atoms with E-state index in [9.17, 15) is 23.1 Å². The van der Waals surface area contributed by atoms with Gasteiger partial charge in [0, 0.05) is 36.6 Å². The van der Waals surface area contributed by atoms with Crippen LogP contribution in [0.2, 0.25) is 0 Å². The van der Waals surface area contributed by atoms with Crippen molar-refractivity contribution >= 4 is 17.7 Å². The predicted molar refractivity (Wildman–Crippen MR) is 146 cm³/mol. The minimum absolute atomic E-state index is 0.0376. The maximum atomic E-state index is 14.7. The summed E-state index contributed by atoms with van der Waals surface area (Å²) in [6, 6.07) is 3.59. The molecule has 0 saturated carbocycles. The summed E-state index contributed by atoms with van der Waals surface area (Å²) in [5.74, 6) is -3.61. The second-order valence-corrected chi connectivity index (χ2v) is 10.7. The molecule has 1 aromatic heterocycles. The third-order valence-electron chi connectivity index (χ3n) is 8.38. The van der Waals surface area contributed by atoms with Crippen molar-refractivity contribution in [3.05, 3.63) is 87.8 Å². The fourth-order valence-electron chi connectivity index (χ4n) is 6.18. The second kappa shape index (κ2) is 11.1. The Morgan fingerprint density at radius 2 is 1.85 bits per heavy atom. The summed E-state index contributed by atoms with van der Waals surface area (Å²) in [4.78, 5) is 19.5. The van der Waals surface area contributed by atoms with Gasteiger partial charge in [-0.15, -0.1) is 0 Å². The van der Waals surface area contributed by atoms with Crippen molar-refractivity contribution in [1.29, 1.82) is 0 Å². The number of nitrogens with one attached hydrogen (secondary N) is 1. The Morgan fingerprint density at radius 1 is 1.18 bits per heavy atom. The van der Waals surface area contributed by atoms with Gasteiger partial charge in [0.2, 0.25) is 0 Å². The normalized spacial score (nSPS) is 22.7. The molecule has 212 valence electrons. The molecule has 5 rings (SSSR count). The molecule has 40 heavy (non-hydrogen) atoms. The average Bonchev–Trinajstić information content (AvgIpc) is 2.93. The number of hydrogen-bond acceptors (Lipinski definition) is 6. The molecular weight excluding hydrogens is 521 g/mol. The number of benzene rings is 1. The molecule has 10 heteroatoms. The molecule has 1 aliphatic carbocycles. The van der Waals surface area contributed by atoms with Gasteiger partial charge < -0.3 is 20.4 Å². The van der Waals surface area contributed by atoms with Crippen molar-refractivity contribution in [2.75, 3.05) is 25.0 Å². The van der Waals surface area contributed by atoms with E-state index in [0.717, 1.165) is 23.4 Å².